The van der Waals surface area contributed by atoms with Crippen molar-refractivity contribution in [3.8, 4) is 6.07 Å². The van der Waals surface area contributed by atoms with Crippen LogP contribution < -0.4 is 0 Å². The third kappa shape index (κ3) is 4.40. The summed E-state index contributed by atoms with van der Waals surface area (Å²) < 4.78 is 9.92. The van der Waals surface area contributed by atoms with Crippen LogP contribution in [0.1, 0.15) is 12.5 Å². The van der Waals surface area contributed by atoms with Gasteiger partial charge in [-0.2, -0.15) is 5.26 Å². The molecule has 0 radical (unpaired) electrons. The van der Waals surface area contributed by atoms with Crippen LogP contribution in [0.25, 0.3) is 6.08 Å². The van der Waals surface area contributed by atoms with Crippen molar-refractivity contribution in [3.63, 3.8) is 0 Å². The monoisotopic (exact) mass is 245 g/mol. The summed E-state index contributed by atoms with van der Waals surface area (Å²) >= 11 is 0. The highest BCUT2D eigenvalue weighted by Crippen LogP contribution is 2.08. The molecule has 0 spiro atoms. The topological polar surface area (TPSA) is 59.3 Å². The lowest BCUT2D eigenvalue weighted by atomic mass is 10.1. The van der Waals surface area contributed by atoms with Crippen molar-refractivity contribution in [2.24, 2.45) is 0 Å². The molecule has 0 aliphatic carbocycles. The molecular formula is C14H15NO3. The van der Waals surface area contributed by atoms with Gasteiger partial charge in [-0.3, -0.25) is 0 Å². The summed E-state index contributed by atoms with van der Waals surface area (Å²) in [6, 6.07) is 11.0. The number of esters is 1. The van der Waals surface area contributed by atoms with Crippen LogP contribution in [0.4, 0.5) is 0 Å². The highest BCUT2D eigenvalue weighted by Gasteiger charge is 2.14. The molecule has 4 heteroatoms. The molecule has 0 saturated heterocycles. The van der Waals surface area contributed by atoms with Crippen molar-refractivity contribution in [2.45, 2.75) is 13.0 Å². The molecule has 1 atom stereocenters. The van der Waals surface area contributed by atoms with Gasteiger partial charge in [-0.1, -0.05) is 30.3 Å². The first-order valence-electron chi connectivity index (χ1n) is 5.54. The highest BCUT2D eigenvalue weighted by atomic mass is 16.6. The summed E-state index contributed by atoms with van der Waals surface area (Å²) in [5, 5.41) is 8.95. The SMILES string of the molecule is COCC(C)OC(=O)/C(C#N)=C/c1ccccc1. The maximum Gasteiger partial charge on any atom is 0.349 e. The van der Waals surface area contributed by atoms with Gasteiger partial charge in [-0.25, -0.2) is 4.79 Å². The molecule has 0 amide bonds. The number of ether oxygens (including phenoxy) is 2. The normalized spacial score (nSPS) is 12.6. The molecule has 0 aromatic heterocycles. The van der Waals surface area contributed by atoms with Gasteiger partial charge in [0.2, 0.25) is 0 Å². The standard InChI is InChI=1S/C14H15NO3/c1-11(10-17-2)18-14(16)13(9-15)8-12-6-4-3-5-7-12/h3-8,11H,10H2,1-2H3/b13-8+. The van der Waals surface area contributed by atoms with Crippen molar-refractivity contribution in [3.05, 3.63) is 41.5 Å². The fraction of sp³-hybridized carbons (Fsp3) is 0.286. The van der Waals surface area contributed by atoms with E-state index in [2.05, 4.69) is 0 Å². The van der Waals surface area contributed by atoms with Gasteiger partial charge >= 0.3 is 5.97 Å². The number of benzene rings is 1. The van der Waals surface area contributed by atoms with E-state index in [0.29, 0.717) is 6.61 Å². The highest BCUT2D eigenvalue weighted by molar-refractivity contribution is 5.97. The lowest BCUT2D eigenvalue weighted by Gasteiger charge is -2.11. The Kier molecular flexibility index (Phi) is 5.62. The summed E-state index contributed by atoms with van der Waals surface area (Å²) in [7, 11) is 1.52. The Labute approximate surface area is 106 Å². The second-order valence-corrected chi connectivity index (χ2v) is 3.75. The van der Waals surface area contributed by atoms with Crippen molar-refractivity contribution in [1.29, 1.82) is 5.26 Å². The van der Waals surface area contributed by atoms with Gasteiger partial charge in [0.05, 0.1) is 6.61 Å². The smallest absolute Gasteiger partial charge is 0.349 e. The molecule has 94 valence electrons. The number of nitrogens with zero attached hydrogens (tertiary/aromatic N) is 1. The van der Waals surface area contributed by atoms with E-state index in [1.54, 1.807) is 6.92 Å². The summed E-state index contributed by atoms with van der Waals surface area (Å²) in [4.78, 5) is 11.7. The first-order chi connectivity index (χ1) is 8.67. The van der Waals surface area contributed by atoms with Gasteiger partial charge in [-0.15, -0.1) is 0 Å². The van der Waals surface area contributed by atoms with Crippen molar-refractivity contribution in [1.82, 2.24) is 0 Å². The number of hydrogen-bond donors (Lipinski definition) is 0. The predicted molar refractivity (Wildman–Crippen MR) is 67.5 cm³/mol. The van der Waals surface area contributed by atoms with Crippen LogP contribution in [-0.4, -0.2) is 25.8 Å². The lowest BCUT2D eigenvalue weighted by molar-refractivity contribution is -0.145. The van der Waals surface area contributed by atoms with Crippen LogP contribution in [-0.2, 0) is 14.3 Å². The molecule has 0 fully saturated rings. The second kappa shape index (κ2) is 7.25. The van der Waals surface area contributed by atoms with Crippen LogP contribution in [0.15, 0.2) is 35.9 Å². The van der Waals surface area contributed by atoms with E-state index in [0.717, 1.165) is 5.56 Å². The van der Waals surface area contributed by atoms with Crippen molar-refractivity contribution in [2.75, 3.05) is 13.7 Å². The molecular weight excluding hydrogens is 230 g/mol. The van der Waals surface area contributed by atoms with Crippen LogP contribution in [0.3, 0.4) is 0 Å². The second-order valence-electron chi connectivity index (χ2n) is 3.75. The molecule has 1 unspecified atom stereocenters. The van der Waals surface area contributed by atoms with E-state index < -0.39 is 5.97 Å². The van der Waals surface area contributed by atoms with Crippen LogP contribution in [0.5, 0.6) is 0 Å². The minimum absolute atomic E-state index is 0.0239. The van der Waals surface area contributed by atoms with Crippen molar-refractivity contribution >= 4 is 12.0 Å². The Morgan fingerprint density at radius 2 is 2.11 bits per heavy atom. The van der Waals surface area contributed by atoms with Gasteiger partial charge in [0.25, 0.3) is 0 Å². The first-order valence-corrected chi connectivity index (χ1v) is 5.54. The Morgan fingerprint density at radius 3 is 2.67 bits per heavy atom. The quantitative estimate of drug-likeness (QED) is 0.453. The molecule has 18 heavy (non-hydrogen) atoms. The van der Waals surface area contributed by atoms with Crippen LogP contribution >= 0.6 is 0 Å². The molecule has 0 saturated carbocycles. The summed E-state index contributed by atoms with van der Waals surface area (Å²) in [6.07, 6.45) is 1.12. The zero-order valence-corrected chi connectivity index (χ0v) is 10.4. The van der Waals surface area contributed by atoms with Crippen molar-refractivity contribution < 1.29 is 14.3 Å². The fourth-order valence-electron chi connectivity index (χ4n) is 1.37. The van der Waals surface area contributed by atoms with E-state index in [-0.39, 0.29) is 11.7 Å². The average molecular weight is 245 g/mol. The summed E-state index contributed by atoms with van der Waals surface area (Å²) in [5.41, 5.74) is 0.759. The van der Waals surface area contributed by atoms with Gasteiger partial charge in [0, 0.05) is 7.11 Å². The lowest BCUT2D eigenvalue weighted by Crippen LogP contribution is -2.20. The Balaban J connectivity index is 2.76. The average Bonchev–Trinajstić information content (AvgIpc) is 2.37. The molecule has 1 rings (SSSR count). The summed E-state index contributed by atoms with van der Waals surface area (Å²) in [5.74, 6) is -0.633. The number of hydrogen-bond acceptors (Lipinski definition) is 4. The third-order valence-electron chi connectivity index (χ3n) is 2.16. The van der Waals surface area contributed by atoms with Crippen LogP contribution in [0.2, 0.25) is 0 Å². The molecule has 0 heterocycles. The Bertz CT molecular complexity index is 460. The fourth-order valence-corrected chi connectivity index (χ4v) is 1.37. The van der Waals surface area contributed by atoms with Gasteiger partial charge in [0.1, 0.15) is 17.7 Å². The zero-order valence-electron chi connectivity index (χ0n) is 10.4. The van der Waals surface area contributed by atoms with E-state index in [9.17, 15) is 4.79 Å². The van der Waals surface area contributed by atoms with Gasteiger partial charge < -0.3 is 9.47 Å². The maximum absolute atomic E-state index is 11.7. The molecule has 0 bridgehead atoms. The Hall–Kier alpha value is -2.12. The number of rotatable bonds is 5. The van der Waals surface area contributed by atoms with E-state index in [1.807, 2.05) is 36.4 Å². The molecule has 1 aromatic rings. The summed E-state index contributed by atoms with van der Waals surface area (Å²) in [6.45, 7) is 2.01. The number of carbonyl (C=O) groups is 1. The minimum atomic E-state index is -0.633. The number of nitriles is 1. The van der Waals surface area contributed by atoms with E-state index >= 15 is 0 Å². The molecule has 0 aliphatic heterocycles. The number of methoxy groups -OCH3 is 1. The number of carbonyl (C=O) groups excluding carboxylic acids is 1. The largest absolute Gasteiger partial charge is 0.456 e. The van der Waals surface area contributed by atoms with E-state index in [1.165, 1.54) is 13.2 Å². The molecule has 4 nitrogen and oxygen atoms in total. The molecule has 0 aliphatic rings. The van der Waals surface area contributed by atoms with E-state index in [4.69, 9.17) is 14.7 Å². The minimum Gasteiger partial charge on any atom is -0.456 e. The maximum atomic E-state index is 11.7. The Morgan fingerprint density at radius 1 is 1.44 bits per heavy atom. The van der Waals surface area contributed by atoms with Gasteiger partial charge in [0.15, 0.2) is 0 Å². The van der Waals surface area contributed by atoms with Gasteiger partial charge in [-0.05, 0) is 18.6 Å². The first kappa shape index (κ1) is 13.9. The zero-order chi connectivity index (χ0) is 13.4. The molecule has 1 aromatic carbocycles. The predicted octanol–water partition coefficient (Wildman–Crippen LogP) is 2.17. The molecule has 0 N–H and O–H groups in total. The van der Waals surface area contributed by atoms with Crippen LogP contribution in [0, 0.1) is 11.3 Å². The third-order valence-corrected chi connectivity index (χ3v) is 2.16.